The molecule has 2 aromatic carbocycles. The lowest BCUT2D eigenvalue weighted by Crippen LogP contribution is -2.15. The maximum Gasteiger partial charge on any atom is 0.335 e. The molecule has 0 aliphatic heterocycles. The van der Waals surface area contributed by atoms with Crippen molar-refractivity contribution in [3.8, 4) is 0 Å². The Kier molecular flexibility index (Phi) is 4.50. The Balaban J connectivity index is 2.18. The number of carbonyl (C=O) groups is 1. The smallest absolute Gasteiger partial charge is 0.335 e. The minimum absolute atomic E-state index is 0.0467. The molecule has 0 saturated carbocycles. The van der Waals surface area contributed by atoms with E-state index in [-0.39, 0.29) is 11.3 Å². The highest BCUT2D eigenvalue weighted by Crippen LogP contribution is 2.18. The van der Waals surface area contributed by atoms with Crippen molar-refractivity contribution in [2.24, 2.45) is 0 Å². The lowest BCUT2D eigenvalue weighted by molar-refractivity contribution is 0.0696. The maximum atomic E-state index is 12.1. The van der Waals surface area contributed by atoms with Gasteiger partial charge in [0, 0.05) is 10.7 Å². The van der Waals surface area contributed by atoms with Gasteiger partial charge in [0.2, 0.25) is 10.0 Å². The van der Waals surface area contributed by atoms with Crippen molar-refractivity contribution < 1.29 is 18.3 Å². The first-order valence-electron chi connectivity index (χ1n) is 5.94. The van der Waals surface area contributed by atoms with E-state index in [1.54, 1.807) is 24.3 Å². The minimum atomic E-state index is -3.65. The van der Waals surface area contributed by atoms with Crippen LogP contribution >= 0.6 is 11.6 Å². The Hall–Kier alpha value is -2.05. The first kappa shape index (κ1) is 15.3. The third-order valence-electron chi connectivity index (χ3n) is 2.63. The highest BCUT2D eigenvalue weighted by Gasteiger charge is 2.13. The Bertz CT molecular complexity index is 774. The van der Waals surface area contributed by atoms with Crippen LogP contribution in [0.1, 0.15) is 15.9 Å². The summed E-state index contributed by atoms with van der Waals surface area (Å²) in [7, 11) is -3.65. The van der Waals surface area contributed by atoms with Crippen molar-refractivity contribution >= 4 is 33.3 Å². The van der Waals surface area contributed by atoms with Crippen molar-refractivity contribution in [3.63, 3.8) is 0 Å². The van der Waals surface area contributed by atoms with Crippen molar-refractivity contribution in [3.05, 3.63) is 64.7 Å². The number of aromatic carboxylic acids is 1. The fourth-order valence-corrected chi connectivity index (χ4v) is 3.15. The average Bonchev–Trinajstić information content (AvgIpc) is 2.37. The summed E-state index contributed by atoms with van der Waals surface area (Å²) >= 11 is 5.79. The zero-order chi connectivity index (χ0) is 15.5. The van der Waals surface area contributed by atoms with Gasteiger partial charge < -0.3 is 5.11 Å². The van der Waals surface area contributed by atoms with Gasteiger partial charge >= 0.3 is 5.97 Å². The molecule has 0 atom stereocenters. The molecule has 7 heteroatoms. The standard InChI is InChI=1S/C14H12ClNO4S/c15-12-5-2-6-13(8-12)16-21(19,20)9-10-3-1-4-11(7-10)14(17)18/h1-8,16H,9H2,(H,17,18). The molecule has 0 heterocycles. The molecule has 110 valence electrons. The number of anilines is 1. The van der Waals surface area contributed by atoms with Gasteiger partial charge in [-0.05, 0) is 35.9 Å². The predicted molar refractivity (Wildman–Crippen MR) is 81.1 cm³/mol. The molecule has 0 aliphatic carbocycles. The molecule has 0 fully saturated rings. The van der Waals surface area contributed by atoms with E-state index in [1.165, 1.54) is 24.3 Å². The second kappa shape index (κ2) is 6.15. The zero-order valence-electron chi connectivity index (χ0n) is 10.8. The van der Waals surface area contributed by atoms with Crippen LogP contribution in [0.2, 0.25) is 5.02 Å². The average molecular weight is 326 g/mol. The number of halogens is 1. The van der Waals surface area contributed by atoms with Gasteiger partial charge in [0.25, 0.3) is 0 Å². The maximum absolute atomic E-state index is 12.1. The number of carboxylic acids is 1. The van der Waals surface area contributed by atoms with Crippen LogP contribution in [0, 0.1) is 0 Å². The van der Waals surface area contributed by atoms with Crippen LogP contribution in [0.15, 0.2) is 48.5 Å². The summed E-state index contributed by atoms with van der Waals surface area (Å²) < 4.78 is 26.5. The van der Waals surface area contributed by atoms with Gasteiger partial charge in [-0.25, -0.2) is 13.2 Å². The number of rotatable bonds is 5. The van der Waals surface area contributed by atoms with Crippen molar-refractivity contribution in [2.45, 2.75) is 5.75 Å². The highest BCUT2D eigenvalue weighted by molar-refractivity contribution is 7.91. The predicted octanol–water partition coefficient (Wildman–Crippen LogP) is 2.98. The third-order valence-corrected chi connectivity index (χ3v) is 4.12. The molecule has 5 nitrogen and oxygen atoms in total. The first-order chi connectivity index (χ1) is 9.85. The lowest BCUT2D eigenvalue weighted by Gasteiger charge is -2.08. The second-order valence-electron chi connectivity index (χ2n) is 4.38. The van der Waals surface area contributed by atoms with E-state index in [4.69, 9.17) is 16.7 Å². The monoisotopic (exact) mass is 325 g/mol. The Morgan fingerprint density at radius 2 is 1.86 bits per heavy atom. The molecule has 2 rings (SSSR count). The molecule has 0 amide bonds. The number of nitrogens with one attached hydrogen (secondary N) is 1. The lowest BCUT2D eigenvalue weighted by atomic mass is 10.1. The molecule has 0 bridgehead atoms. The zero-order valence-corrected chi connectivity index (χ0v) is 12.4. The van der Waals surface area contributed by atoms with Gasteiger partial charge in [0.15, 0.2) is 0 Å². The molecular formula is C14H12ClNO4S. The molecule has 21 heavy (non-hydrogen) atoms. The molecule has 2 aromatic rings. The quantitative estimate of drug-likeness (QED) is 0.885. The number of hydrogen-bond donors (Lipinski definition) is 2. The highest BCUT2D eigenvalue weighted by atomic mass is 35.5. The topological polar surface area (TPSA) is 83.5 Å². The van der Waals surface area contributed by atoms with Crippen molar-refractivity contribution in [1.29, 1.82) is 0 Å². The molecule has 0 unspecified atom stereocenters. The van der Waals surface area contributed by atoms with Crippen LogP contribution in [0.5, 0.6) is 0 Å². The van der Waals surface area contributed by atoms with E-state index >= 15 is 0 Å². The summed E-state index contributed by atoms with van der Waals surface area (Å²) in [5.41, 5.74) is 0.798. The molecule has 0 spiro atoms. The van der Waals surface area contributed by atoms with E-state index in [0.717, 1.165) is 0 Å². The van der Waals surface area contributed by atoms with Gasteiger partial charge in [0.05, 0.1) is 11.3 Å². The van der Waals surface area contributed by atoms with Crippen LogP contribution in [0.25, 0.3) is 0 Å². The number of carboxylic acid groups (broad SMARTS) is 1. The molecule has 0 aromatic heterocycles. The minimum Gasteiger partial charge on any atom is -0.478 e. The van der Waals surface area contributed by atoms with E-state index in [2.05, 4.69) is 4.72 Å². The third kappa shape index (κ3) is 4.47. The van der Waals surface area contributed by atoms with Gasteiger partial charge in [-0.2, -0.15) is 0 Å². The van der Waals surface area contributed by atoms with Crippen molar-refractivity contribution in [1.82, 2.24) is 0 Å². The van der Waals surface area contributed by atoms with Crippen LogP contribution < -0.4 is 4.72 Å². The largest absolute Gasteiger partial charge is 0.478 e. The Morgan fingerprint density at radius 3 is 2.52 bits per heavy atom. The Morgan fingerprint density at radius 1 is 1.14 bits per heavy atom. The SMILES string of the molecule is O=C(O)c1cccc(CS(=O)(=O)Nc2cccc(Cl)c2)c1. The molecule has 2 N–H and O–H groups in total. The summed E-state index contributed by atoms with van der Waals surface area (Å²) in [4.78, 5) is 10.9. The van der Waals surface area contributed by atoms with E-state index in [0.29, 0.717) is 16.3 Å². The Labute approximate surface area is 127 Å². The number of hydrogen-bond acceptors (Lipinski definition) is 3. The fraction of sp³-hybridized carbons (Fsp3) is 0.0714. The molecule has 0 radical (unpaired) electrons. The summed E-state index contributed by atoms with van der Waals surface area (Å²) in [5, 5.41) is 9.31. The van der Waals surface area contributed by atoms with E-state index in [1.807, 2.05) is 0 Å². The van der Waals surface area contributed by atoms with E-state index < -0.39 is 16.0 Å². The van der Waals surface area contributed by atoms with E-state index in [9.17, 15) is 13.2 Å². The number of benzene rings is 2. The van der Waals surface area contributed by atoms with Gasteiger partial charge in [-0.3, -0.25) is 4.72 Å². The summed E-state index contributed by atoms with van der Waals surface area (Å²) in [6, 6.07) is 12.1. The van der Waals surface area contributed by atoms with Gasteiger partial charge in [-0.1, -0.05) is 29.8 Å². The molecule has 0 aliphatic rings. The normalized spacial score (nSPS) is 11.1. The summed E-state index contributed by atoms with van der Waals surface area (Å²) in [6.45, 7) is 0. The van der Waals surface area contributed by atoms with Crippen LogP contribution in [-0.2, 0) is 15.8 Å². The van der Waals surface area contributed by atoms with Gasteiger partial charge in [-0.15, -0.1) is 0 Å². The molecule has 0 saturated heterocycles. The summed E-state index contributed by atoms with van der Waals surface area (Å²) in [5.74, 6) is -1.42. The summed E-state index contributed by atoms with van der Waals surface area (Å²) in [6.07, 6.45) is 0. The first-order valence-corrected chi connectivity index (χ1v) is 7.97. The number of sulfonamides is 1. The van der Waals surface area contributed by atoms with Crippen LogP contribution in [0.4, 0.5) is 5.69 Å². The van der Waals surface area contributed by atoms with Gasteiger partial charge in [0.1, 0.15) is 0 Å². The van der Waals surface area contributed by atoms with Crippen molar-refractivity contribution in [2.75, 3.05) is 4.72 Å². The fourth-order valence-electron chi connectivity index (χ4n) is 1.78. The van der Waals surface area contributed by atoms with Crippen LogP contribution in [0.3, 0.4) is 0 Å². The van der Waals surface area contributed by atoms with Crippen LogP contribution in [-0.4, -0.2) is 19.5 Å². The second-order valence-corrected chi connectivity index (χ2v) is 6.54. The molecular weight excluding hydrogens is 314 g/mol.